The largest absolute Gasteiger partial charge is 0.478 e. The molecule has 152 valence electrons. The molecule has 0 unspecified atom stereocenters. The number of likely N-dealkylation sites (N-methyl/N-ethyl adjacent to an activating group) is 1. The van der Waals surface area contributed by atoms with Crippen molar-refractivity contribution in [2.24, 2.45) is 0 Å². The number of halogens is 1. The van der Waals surface area contributed by atoms with Gasteiger partial charge in [-0.05, 0) is 64.1 Å². The van der Waals surface area contributed by atoms with Crippen LogP contribution in [-0.4, -0.2) is 33.2 Å². The van der Waals surface area contributed by atoms with Crippen molar-refractivity contribution < 1.29 is 13.9 Å². The van der Waals surface area contributed by atoms with Crippen LogP contribution in [0, 0.1) is 19.7 Å². The first-order valence-corrected chi connectivity index (χ1v) is 9.49. The van der Waals surface area contributed by atoms with Gasteiger partial charge in [-0.2, -0.15) is 5.10 Å². The molecule has 0 bridgehead atoms. The standard InChI is InChI=1S/C23H26FN3O2/c1-16-21(17(2)27(25-16)19-9-7-6-8-10-19)15-26(5)22(28)23(3,4)29-20-13-11-18(24)12-14-20/h6-14H,15H2,1-5H3. The van der Waals surface area contributed by atoms with Gasteiger partial charge in [0, 0.05) is 24.8 Å². The van der Waals surface area contributed by atoms with Crippen molar-refractivity contribution in [3.05, 3.63) is 77.4 Å². The zero-order valence-corrected chi connectivity index (χ0v) is 17.4. The highest BCUT2D eigenvalue weighted by Crippen LogP contribution is 2.23. The lowest BCUT2D eigenvalue weighted by molar-refractivity contribution is -0.144. The topological polar surface area (TPSA) is 47.4 Å². The Morgan fingerprint density at radius 3 is 2.34 bits per heavy atom. The number of benzene rings is 2. The first-order chi connectivity index (χ1) is 13.7. The summed E-state index contributed by atoms with van der Waals surface area (Å²) in [5.74, 6) is -0.0736. The summed E-state index contributed by atoms with van der Waals surface area (Å²) in [7, 11) is 1.75. The van der Waals surface area contributed by atoms with Crippen LogP contribution in [0.2, 0.25) is 0 Å². The maximum absolute atomic E-state index is 13.1. The molecule has 5 nitrogen and oxygen atoms in total. The molecule has 0 radical (unpaired) electrons. The van der Waals surface area contributed by atoms with E-state index in [9.17, 15) is 9.18 Å². The van der Waals surface area contributed by atoms with Gasteiger partial charge >= 0.3 is 0 Å². The minimum Gasteiger partial charge on any atom is -0.478 e. The average molecular weight is 395 g/mol. The highest BCUT2D eigenvalue weighted by molar-refractivity contribution is 5.84. The Morgan fingerprint density at radius 1 is 1.10 bits per heavy atom. The lowest BCUT2D eigenvalue weighted by atomic mass is 10.1. The van der Waals surface area contributed by atoms with Crippen LogP contribution in [0.25, 0.3) is 5.69 Å². The SMILES string of the molecule is Cc1nn(-c2ccccc2)c(C)c1CN(C)C(=O)C(C)(C)Oc1ccc(F)cc1. The highest BCUT2D eigenvalue weighted by Gasteiger charge is 2.33. The quantitative estimate of drug-likeness (QED) is 0.620. The molecule has 0 aliphatic heterocycles. The molecule has 3 aromatic rings. The normalized spacial score (nSPS) is 11.4. The molecule has 0 aliphatic carbocycles. The van der Waals surface area contributed by atoms with Crippen LogP contribution < -0.4 is 4.74 Å². The summed E-state index contributed by atoms with van der Waals surface area (Å²) in [4.78, 5) is 14.7. The Labute approximate surface area is 170 Å². The molecule has 1 aromatic heterocycles. The maximum atomic E-state index is 13.1. The molecule has 0 spiro atoms. The number of hydrogen-bond donors (Lipinski definition) is 0. The molecule has 0 saturated carbocycles. The van der Waals surface area contributed by atoms with Crippen molar-refractivity contribution >= 4 is 5.91 Å². The Kier molecular flexibility index (Phi) is 5.73. The summed E-state index contributed by atoms with van der Waals surface area (Å²) in [5.41, 5.74) is 2.76. The van der Waals surface area contributed by atoms with E-state index < -0.39 is 5.60 Å². The Morgan fingerprint density at radius 2 is 1.72 bits per heavy atom. The molecule has 29 heavy (non-hydrogen) atoms. The fourth-order valence-electron chi connectivity index (χ4n) is 3.33. The van der Waals surface area contributed by atoms with Crippen LogP contribution in [0.3, 0.4) is 0 Å². The van der Waals surface area contributed by atoms with Crippen molar-refractivity contribution in [2.45, 2.75) is 39.8 Å². The van der Waals surface area contributed by atoms with Gasteiger partial charge in [0.1, 0.15) is 11.6 Å². The molecule has 6 heteroatoms. The van der Waals surface area contributed by atoms with Crippen molar-refractivity contribution in [2.75, 3.05) is 7.05 Å². The van der Waals surface area contributed by atoms with Gasteiger partial charge in [-0.25, -0.2) is 9.07 Å². The minimum atomic E-state index is -1.09. The van der Waals surface area contributed by atoms with E-state index >= 15 is 0 Å². The molecule has 0 saturated heterocycles. The molecule has 0 fully saturated rings. The van der Waals surface area contributed by atoms with Gasteiger partial charge in [0.15, 0.2) is 5.60 Å². The summed E-state index contributed by atoms with van der Waals surface area (Å²) in [6.45, 7) is 7.78. The Hall–Kier alpha value is -3.15. The first-order valence-electron chi connectivity index (χ1n) is 9.49. The van der Waals surface area contributed by atoms with Gasteiger partial charge in [0.05, 0.1) is 11.4 Å². The Bertz CT molecular complexity index is 995. The van der Waals surface area contributed by atoms with E-state index in [2.05, 4.69) is 5.10 Å². The first kappa shape index (κ1) is 20.6. The van der Waals surface area contributed by atoms with Crippen LogP contribution >= 0.6 is 0 Å². The second-order valence-corrected chi connectivity index (χ2v) is 7.62. The smallest absolute Gasteiger partial charge is 0.266 e. The second kappa shape index (κ2) is 8.07. The van der Waals surface area contributed by atoms with E-state index in [1.807, 2.05) is 48.9 Å². The van der Waals surface area contributed by atoms with Gasteiger partial charge in [-0.15, -0.1) is 0 Å². The molecular weight excluding hydrogens is 369 g/mol. The van der Waals surface area contributed by atoms with Crippen molar-refractivity contribution in [1.82, 2.24) is 14.7 Å². The highest BCUT2D eigenvalue weighted by atomic mass is 19.1. The number of nitrogens with zero attached hydrogens (tertiary/aromatic N) is 3. The molecule has 0 atom stereocenters. The number of aryl methyl sites for hydroxylation is 1. The van der Waals surface area contributed by atoms with Crippen LogP contribution in [0.4, 0.5) is 4.39 Å². The van der Waals surface area contributed by atoms with Gasteiger partial charge in [0.2, 0.25) is 0 Å². The van der Waals surface area contributed by atoms with Gasteiger partial charge in [-0.1, -0.05) is 18.2 Å². The van der Waals surface area contributed by atoms with E-state index in [1.54, 1.807) is 25.8 Å². The molecular formula is C23H26FN3O2. The third-order valence-corrected chi connectivity index (χ3v) is 4.89. The molecule has 2 aromatic carbocycles. The second-order valence-electron chi connectivity index (χ2n) is 7.62. The van der Waals surface area contributed by atoms with Crippen molar-refractivity contribution in [1.29, 1.82) is 0 Å². The lowest BCUT2D eigenvalue weighted by Crippen LogP contribution is -2.47. The molecule has 1 amide bonds. The number of carbonyl (C=O) groups excluding carboxylic acids is 1. The van der Waals surface area contributed by atoms with E-state index in [-0.39, 0.29) is 11.7 Å². The van der Waals surface area contributed by atoms with Crippen LogP contribution in [0.1, 0.15) is 30.8 Å². The predicted octanol–water partition coefficient (Wildman–Crippen LogP) is 4.44. The molecule has 3 rings (SSSR count). The van der Waals surface area contributed by atoms with Crippen molar-refractivity contribution in [3.8, 4) is 11.4 Å². The third-order valence-electron chi connectivity index (χ3n) is 4.89. The van der Waals surface area contributed by atoms with Gasteiger partial charge < -0.3 is 9.64 Å². The number of amides is 1. The van der Waals surface area contributed by atoms with Crippen LogP contribution in [0.15, 0.2) is 54.6 Å². The minimum absolute atomic E-state index is 0.173. The van der Waals surface area contributed by atoms with E-state index in [1.165, 1.54) is 24.3 Å². The lowest BCUT2D eigenvalue weighted by Gasteiger charge is -2.30. The predicted molar refractivity (Wildman–Crippen MR) is 111 cm³/mol. The van der Waals surface area contributed by atoms with Gasteiger partial charge in [-0.3, -0.25) is 4.79 Å². The van der Waals surface area contributed by atoms with Gasteiger partial charge in [0.25, 0.3) is 5.91 Å². The van der Waals surface area contributed by atoms with E-state index in [0.29, 0.717) is 12.3 Å². The fraction of sp³-hybridized carbons (Fsp3) is 0.304. The zero-order chi connectivity index (χ0) is 21.2. The zero-order valence-electron chi connectivity index (χ0n) is 17.4. The van der Waals surface area contributed by atoms with Crippen molar-refractivity contribution in [3.63, 3.8) is 0 Å². The molecule has 1 heterocycles. The van der Waals surface area contributed by atoms with E-state index in [4.69, 9.17) is 4.74 Å². The average Bonchev–Trinajstić information content (AvgIpc) is 2.98. The number of rotatable bonds is 6. The number of aromatic nitrogens is 2. The number of ether oxygens (including phenoxy) is 1. The van der Waals surface area contributed by atoms with Crippen LogP contribution in [-0.2, 0) is 11.3 Å². The summed E-state index contributed by atoms with van der Waals surface area (Å²) < 4.78 is 20.8. The summed E-state index contributed by atoms with van der Waals surface area (Å²) in [6, 6.07) is 15.5. The molecule has 0 aliphatic rings. The number of hydrogen-bond acceptors (Lipinski definition) is 3. The summed E-state index contributed by atoms with van der Waals surface area (Å²) >= 11 is 0. The third kappa shape index (κ3) is 4.47. The summed E-state index contributed by atoms with van der Waals surface area (Å²) in [6.07, 6.45) is 0. The molecule has 0 N–H and O–H groups in total. The Balaban J connectivity index is 1.77. The fourth-order valence-corrected chi connectivity index (χ4v) is 3.33. The summed E-state index contributed by atoms with van der Waals surface area (Å²) in [5, 5.41) is 4.64. The maximum Gasteiger partial charge on any atom is 0.266 e. The monoisotopic (exact) mass is 395 g/mol. The number of para-hydroxylation sites is 1. The van der Waals surface area contributed by atoms with Crippen LogP contribution in [0.5, 0.6) is 5.75 Å². The van der Waals surface area contributed by atoms with E-state index in [0.717, 1.165) is 22.6 Å². The number of carbonyl (C=O) groups is 1.